The predicted octanol–water partition coefficient (Wildman–Crippen LogP) is 2.96. The SMILES string of the molecule is COC(=O)c1cn([C@H]2CCCC[C@@H]2C)c(C(=O)OC(C)C)c(OC)c1=O. The van der Waals surface area contributed by atoms with E-state index in [9.17, 15) is 14.4 Å². The van der Waals surface area contributed by atoms with Gasteiger partial charge in [0.2, 0.25) is 5.43 Å². The molecule has 2 atom stereocenters. The third kappa shape index (κ3) is 3.92. The highest BCUT2D eigenvalue weighted by Crippen LogP contribution is 2.36. The summed E-state index contributed by atoms with van der Waals surface area (Å²) in [6.45, 7) is 5.57. The molecule has 1 aromatic heterocycles. The summed E-state index contributed by atoms with van der Waals surface area (Å²) in [5.41, 5.74) is -0.768. The lowest BCUT2D eigenvalue weighted by Crippen LogP contribution is -2.32. The number of esters is 2. The monoisotopic (exact) mass is 365 g/mol. The number of aromatic nitrogens is 1. The number of hydrogen-bond acceptors (Lipinski definition) is 6. The molecule has 1 aliphatic rings. The van der Waals surface area contributed by atoms with E-state index in [1.54, 1.807) is 18.4 Å². The number of ether oxygens (including phenoxy) is 3. The van der Waals surface area contributed by atoms with Crippen LogP contribution in [0, 0.1) is 5.92 Å². The Bertz CT molecular complexity index is 736. The molecule has 1 heterocycles. The van der Waals surface area contributed by atoms with E-state index in [4.69, 9.17) is 14.2 Å². The van der Waals surface area contributed by atoms with Crippen LogP contribution in [0.1, 0.15) is 73.3 Å². The van der Waals surface area contributed by atoms with E-state index in [1.807, 2.05) is 0 Å². The molecule has 1 aromatic rings. The fourth-order valence-corrected chi connectivity index (χ4v) is 3.49. The lowest BCUT2D eigenvalue weighted by Gasteiger charge is -2.33. The van der Waals surface area contributed by atoms with Crippen LogP contribution in [0.15, 0.2) is 11.0 Å². The molecule has 7 nitrogen and oxygen atoms in total. The van der Waals surface area contributed by atoms with Crippen LogP contribution in [0.4, 0.5) is 0 Å². The van der Waals surface area contributed by atoms with E-state index in [0.717, 1.165) is 25.7 Å². The second kappa shape index (κ2) is 8.38. The highest BCUT2D eigenvalue weighted by Gasteiger charge is 2.32. The van der Waals surface area contributed by atoms with Gasteiger partial charge in [0, 0.05) is 12.2 Å². The van der Waals surface area contributed by atoms with Crippen molar-refractivity contribution in [1.82, 2.24) is 4.57 Å². The number of carbonyl (C=O) groups excluding carboxylic acids is 2. The molecule has 26 heavy (non-hydrogen) atoms. The third-order valence-corrected chi connectivity index (χ3v) is 4.76. The molecule has 144 valence electrons. The van der Waals surface area contributed by atoms with Crippen molar-refractivity contribution >= 4 is 11.9 Å². The second-order valence-corrected chi connectivity index (χ2v) is 6.94. The minimum absolute atomic E-state index is 0.0311. The van der Waals surface area contributed by atoms with Gasteiger partial charge in [-0.25, -0.2) is 9.59 Å². The Morgan fingerprint density at radius 3 is 2.35 bits per heavy atom. The first kappa shape index (κ1) is 20.0. The maximum Gasteiger partial charge on any atom is 0.359 e. The molecule has 2 rings (SSSR count). The lowest BCUT2D eigenvalue weighted by molar-refractivity contribution is 0.0350. The summed E-state index contributed by atoms with van der Waals surface area (Å²) < 4.78 is 17.0. The van der Waals surface area contributed by atoms with E-state index in [0.29, 0.717) is 0 Å². The molecule has 1 saturated carbocycles. The summed E-state index contributed by atoms with van der Waals surface area (Å²) in [6.07, 6.45) is 5.04. The van der Waals surface area contributed by atoms with Gasteiger partial charge in [0.25, 0.3) is 0 Å². The van der Waals surface area contributed by atoms with Gasteiger partial charge in [-0.15, -0.1) is 0 Å². The topological polar surface area (TPSA) is 83.8 Å². The molecule has 0 aromatic carbocycles. The van der Waals surface area contributed by atoms with Crippen LogP contribution in [0.25, 0.3) is 0 Å². The number of hydrogen-bond donors (Lipinski definition) is 0. The van der Waals surface area contributed by atoms with Crippen LogP contribution in [-0.4, -0.2) is 36.8 Å². The molecule has 0 spiro atoms. The van der Waals surface area contributed by atoms with Crippen molar-refractivity contribution in [2.24, 2.45) is 5.92 Å². The average molecular weight is 365 g/mol. The zero-order chi connectivity index (χ0) is 19.4. The van der Waals surface area contributed by atoms with Gasteiger partial charge in [0.05, 0.1) is 20.3 Å². The number of carbonyl (C=O) groups is 2. The van der Waals surface area contributed by atoms with Crippen molar-refractivity contribution in [3.63, 3.8) is 0 Å². The van der Waals surface area contributed by atoms with Gasteiger partial charge in [-0.2, -0.15) is 0 Å². The van der Waals surface area contributed by atoms with Crippen LogP contribution in [0.5, 0.6) is 5.75 Å². The van der Waals surface area contributed by atoms with Gasteiger partial charge < -0.3 is 18.8 Å². The molecule has 0 bridgehead atoms. The van der Waals surface area contributed by atoms with Crippen molar-refractivity contribution in [1.29, 1.82) is 0 Å². The maximum atomic E-state index is 12.7. The molecule has 1 aliphatic carbocycles. The Morgan fingerprint density at radius 1 is 1.15 bits per heavy atom. The van der Waals surface area contributed by atoms with E-state index in [2.05, 4.69) is 6.92 Å². The first-order valence-electron chi connectivity index (χ1n) is 8.94. The van der Waals surface area contributed by atoms with Crippen molar-refractivity contribution in [2.75, 3.05) is 14.2 Å². The molecule has 0 radical (unpaired) electrons. The fourth-order valence-electron chi connectivity index (χ4n) is 3.49. The summed E-state index contributed by atoms with van der Waals surface area (Å²) in [6, 6.07) is -0.0311. The third-order valence-electron chi connectivity index (χ3n) is 4.76. The summed E-state index contributed by atoms with van der Waals surface area (Å²) in [4.78, 5) is 37.5. The van der Waals surface area contributed by atoms with Gasteiger partial charge in [-0.05, 0) is 32.6 Å². The first-order chi connectivity index (χ1) is 12.3. The van der Waals surface area contributed by atoms with Crippen molar-refractivity contribution in [3.05, 3.63) is 27.7 Å². The van der Waals surface area contributed by atoms with Crippen LogP contribution in [0.2, 0.25) is 0 Å². The largest absolute Gasteiger partial charge is 0.491 e. The lowest BCUT2D eigenvalue weighted by atomic mass is 9.85. The quantitative estimate of drug-likeness (QED) is 0.746. The Morgan fingerprint density at radius 2 is 1.81 bits per heavy atom. The van der Waals surface area contributed by atoms with Crippen molar-refractivity contribution < 1.29 is 23.8 Å². The molecule has 0 aliphatic heterocycles. The van der Waals surface area contributed by atoms with Crippen LogP contribution in [0.3, 0.4) is 0 Å². The van der Waals surface area contributed by atoms with Gasteiger partial charge in [-0.3, -0.25) is 4.79 Å². The molecule has 0 unspecified atom stereocenters. The number of nitrogens with zero attached hydrogens (tertiary/aromatic N) is 1. The summed E-state index contributed by atoms with van der Waals surface area (Å²) >= 11 is 0. The summed E-state index contributed by atoms with van der Waals surface area (Å²) in [5.74, 6) is -1.29. The Labute approximate surface area is 153 Å². The molecule has 0 saturated heterocycles. The Hall–Kier alpha value is -2.31. The van der Waals surface area contributed by atoms with Gasteiger partial charge in [0.15, 0.2) is 11.4 Å². The zero-order valence-electron chi connectivity index (χ0n) is 16.0. The Kier molecular flexibility index (Phi) is 6.45. The normalized spacial score (nSPS) is 19.9. The molecular formula is C19H27NO6. The minimum atomic E-state index is -0.755. The van der Waals surface area contributed by atoms with Crippen molar-refractivity contribution in [3.8, 4) is 5.75 Å². The average Bonchev–Trinajstić information content (AvgIpc) is 2.60. The summed E-state index contributed by atoms with van der Waals surface area (Å²) in [5, 5.41) is 0. The Balaban J connectivity index is 2.73. The maximum absolute atomic E-state index is 12.7. The predicted molar refractivity (Wildman–Crippen MR) is 95.8 cm³/mol. The van der Waals surface area contributed by atoms with E-state index >= 15 is 0 Å². The van der Waals surface area contributed by atoms with E-state index in [1.165, 1.54) is 20.4 Å². The number of pyridine rings is 1. The van der Waals surface area contributed by atoms with Crippen LogP contribution in [-0.2, 0) is 9.47 Å². The number of rotatable bonds is 5. The minimum Gasteiger partial charge on any atom is -0.491 e. The van der Waals surface area contributed by atoms with E-state index in [-0.39, 0.29) is 35.1 Å². The highest BCUT2D eigenvalue weighted by atomic mass is 16.5. The molecule has 7 heteroatoms. The highest BCUT2D eigenvalue weighted by molar-refractivity contribution is 5.94. The van der Waals surface area contributed by atoms with Crippen molar-refractivity contribution in [2.45, 2.75) is 58.6 Å². The van der Waals surface area contributed by atoms with Crippen LogP contribution >= 0.6 is 0 Å². The van der Waals surface area contributed by atoms with Crippen LogP contribution < -0.4 is 10.2 Å². The first-order valence-corrected chi connectivity index (χ1v) is 8.94. The van der Waals surface area contributed by atoms with Gasteiger partial charge in [0.1, 0.15) is 5.56 Å². The molecular weight excluding hydrogens is 338 g/mol. The summed E-state index contributed by atoms with van der Waals surface area (Å²) in [7, 11) is 2.52. The molecule has 1 fully saturated rings. The van der Waals surface area contributed by atoms with Gasteiger partial charge >= 0.3 is 11.9 Å². The fraction of sp³-hybridized carbons (Fsp3) is 0.632. The second-order valence-electron chi connectivity index (χ2n) is 6.94. The number of methoxy groups -OCH3 is 2. The molecule has 0 amide bonds. The van der Waals surface area contributed by atoms with Gasteiger partial charge in [-0.1, -0.05) is 19.8 Å². The standard InChI is InChI=1S/C19H27NO6/c1-11(2)26-19(23)15-17(24-4)16(21)13(18(22)25-5)10-20(15)14-9-7-6-8-12(14)3/h10-12,14H,6-9H2,1-5H3/t12-,14-/m0/s1. The van der Waals surface area contributed by atoms with E-state index < -0.39 is 17.4 Å². The molecule has 0 N–H and O–H groups in total. The smallest absolute Gasteiger partial charge is 0.359 e. The zero-order valence-corrected chi connectivity index (χ0v) is 16.0.